The Morgan fingerprint density at radius 2 is 1.85 bits per heavy atom. The fourth-order valence-corrected chi connectivity index (χ4v) is 3.70. The van der Waals surface area contributed by atoms with E-state index in [1.807, 2.05) is 12.1 Å². The Balaban J connectivity index is 2.13. The van der Waals surface area contributed by atoms with Gasteiger partial charge in [0.1, 0.15) is 0 Å². The van der Waals surface area contributed by atoms with Crippen molar-refractivity contribution < 1.29 is 0 Å². The maximum absolute atomic E-state index is 6.20. The molecule has 0 spiro atoms. The second-order valence-electron chi connectivity index (χ2n) is 4.87. The number of halogens is 1. The van der Waals surface area contributed by atoms with Gasteiger partial charge in [0, 0.05) is 28.4 Å². The van der Waals surface area contributed by atoms with Crippen molar-refractivity contribution in [1.82, 2.24) is 5.01 Å². The molecule has 1 aliphatic heterocycles. The van der Waals surface area contributed by atoms with Crippen LogP contribution in [-0.4, -0.2) is 18.6 Å². The second-order valence-corrected chi connectivity index (χ2v) is 6.40. The van der Waals surface area contributed by atoms with Crippen LogP contribution in [0.15, 0.2) is 52.3 Å². The van der Waals surface area contributed by atoms with Gasteiger partial charge < -0.3 is 0 Å². The van der Waals surface area contributed by atoms with Gasteiger partial charge in [0.25, 0.3) is 0 Å². The number of para-hydroxylation sites is 1. The van der Waals surface area contributed by atoms with E-state index in [0.29, 0.717) is 0 Å². The highest BCUT2D eigenvalue weighted by Gasteiger charge is 2.25. The first-order valence-corrected chi connectivity index (χ1v) is 7.97. The lowest BCUT2D eigenvalue weighted by Crippen LogP contribution is -2.38. The quantitative estimate of drug-likeness (QED) is 0.769. The average molecular weight is 305 g/mol. The van der Waals surface area contributed by atoms with Crippen LogP contribution >= 0.6 is 23.4 Å². The number of benzene rings is 2. The molecule has 0 saturated carbocycles. The highest BCUT2D eigenvalue weighted by atomic mass is 35.5. The molecular weight excluding hydrogens is 288 g/mol. The summed E-state index contributed by atoms with van der Waals surface area (Å²) in [6, 6.07) is 14.6. The second kappa shape index (κ2) is 5.68. The van der Waals surface area contributed by atoms with E-state index in [2.05, 4.69) is 54.3 Å². The molecule has 1 heterocycles. The monoisotopic (exact) mass is 304 g/mol. The molecule has 2 nitrogen and oxygen atoms in total. The van der Waals surface area contributed by atoms with E-state index in [1.54, 1.807) is 11.8 Å². The molecule has 2 aromatic carbocycles. The van der Waals surface area contributed by atoms with Crippen molar-refractivity contribution in [3.8, 4) is 0 Å². The van der Waals surface area contributed by atoms with Crippen molar-refractivity contribution >= 4 is 34.7 Å². The molecule has 20 heavy (non-hydrogen) atoms. The van der Waals surface area contributed by atoms with Crippen molar-refractivity contribution in [2.24, 2.45) is 0 Å². The summed E-state index contributed by atoms with van der Waals surface area (Å²) >= 11 is 8.00. The largest absolute Gasteiger partial charge is 0.272 e. The van der Waals surface area contributed by atoms with Gasteiger partial charge in [0.15, 0.2) is 0 Å². The maximum Gasteiger partial charge on any atom is 0.0734 e. The molecule has 0 atom stereocenters. The summed E-state index contributed by atoms with van der Waals surface area (Å²) in [7, 11) is 2.13. The fraction of sp³-hybridized carbons (Fsp3) is 0.250. The van der Waals surface area contributed by atoms with E-state index < -0.39 is 0 Å². The SMILES string of the molecule is CCCN(C)N1c2ccccc2Sc2ccc(Cl)cc21. The molecule has 0 fully saturated rings. The van der Waals surface area contributed by atoms with Gasteiger partial charge in [-0.1, -0.05) is 42.4 Å². The normalized spacial score (nSPS) is 13.3. The first kappa shape index (κ1) is 13.8. The van der Waals surface area contributed by atoms with Crippen LogP contribution < -0.4 is 5.01 Å². The molecule has 0 unspecified atom stereocenters. The third-order valence-electron chi connectivity index (χ3n) is 3.35. The standard InChI is InChI=1S/C16H17ClN2S/c1-3-10-18(2)19-13-6-4-5-7-15(13)20-16-9-8-12(17)11-14(16)19/h4-9,11H,3,10H2,1-2H3. The number of nitrogens with zero attached hydrogens (tertiary/aromatic N) is 2. The van der Waals surface area contributed by atoms with Crippen LogP contribution in [0.5, 0.6) is 0 Å². The van der Waals surface area contributed by atoms with Gasteiger partial charge >= 0.3 is 0 Å². The van der Waals surface area contributed by atoms with E-state index in [0.717, 1.165) is 23.7 Å². The number of hydrogen-bond acceptors (Lipinski definition) is 3. The minimum absolute atomic E-state index is 0.777. The Bertz CT molecular complexity index is 630. The molecule has 2 aromatic rings. The Morgan fingerprint density at radius 1 is 1.10 bits per heavy atom. The molecule has 0 aromatic heterocycles. The molecule has 1 aliphatic rings. The first-order valence-electron chi connectivity index (χ1n) is 6.78. The summed E-state index contributed by atoms with van der Waals surface area (Å²) in [5.74, 6) is 0. The average Bonchev–Trinajstić information content (AvgIpc) is 2.45. The van der Waals surface area contributed by atoms with E-state index >= 15 is 0 Å². The Morgan fingerprint density at radius 3 is 2.65 bits per heavy atom. The molecule has 0 bridgehead atoms. The molecular formula is C16H17ClN2S. The number of hydrazine groups is 1. The van der Waals surface area contributed by atoms with Gasteiger partial charge in [-0.3, -0.25) is 5.01 Å². The van der Waals surface area contributed by atoms with Crippen molar-refractivity contribution in [1.29, 1.82) is 0 Å². The molecule has 0 saturated heterocycles. The van der Waals surface area contributed by atoms with Gasteiger partial charge in [0.05, 0.1) is 11.4 Å². The summed E-state index contributed by atoms with van der Waals surface area (Å²) < 4.78 is 0. The van der Waals surface area contributed by atoms with Crippen LogP contribution in [0.4, 0.5) is 11.4 Å². The van der Waals surface area contributed by atoms with Gasteiger partial charge in [-0.2, -0.15) is 0 Å². The summed E-state index contributed by atoms with van der Waals surface area (Å²) in [5, 5.41) is 5.31. The topological polar surface area (TPSA) is 6.48 Å². The smallest absolute Gasteiger partial charge is 0.0734 e. The van der Waals surface area contributed by atoms with Crippen LogP contribution in [0, 0.1) is 0 Å². The van der Waals surface area contributed by atoms with Crippen molar-refractivity contribution in [2.45, 2.75) is 23.1 Å². The lowest BCUT2D eigenvalue weighted by molar-refractivity contribution is 0.337. The lowest BCUT2D eigenvalue weighted by Gasteiger charge is -2.38. The zero-order chi connectivity index (χ0) is 14.1. The van der Waals surface area contributed by atoms with Crippen molar-refractivity contribution in [2.75, 3.05) is 18.6 Å². The van der Waals surface area contributed by atoms with Crippen LogP contribution in [0.2, 0.25) is 5.02 Å². The van der Waals surface area contributed by atoms with Crippen LogP contribution in [0.3, 0.4) is 0 Å². The third kappa shape index (κ3) is 2.41. The maximum atomic E-state index is 6.20. The molecule has 0 N–H and O–H groups in total. The van der Waals surface area contributed by atoms with Crippen molar-refractivity contribution in [3.63, 3.8) is 0 Å². The summed E-state index contributed by atoms with van der Waals surface area (Å²) in [6.07, 6.45) is 1.11. The zero-order valence-corrected chi connectivity index (χ0v) is 13.2. The Labute approximate surface area is 129 Å². The van der Waals surface area contributed by atoms with E-state index in [-0.39, 0.29) is 0 Å². The van der Waals surface area contributed by atoms with E-state index in [4.69, 9.17) is 11.6 Å². The summed E-state index contributed by atoms with van der Waals surface area (Å²) in [4.78, 5) is 2.53. The number of rotatable bonds is 3. The third-order valence-corrected chi connectivity index (χ3v) is 4.72. The van der Waals surface area contributed by atoms with Gasteiger partial charge in [0.2, 0.25) is 0 Å². The van der Waals surface area contributed by atoms with Gasteiger partial charge in [-0.05, 0) is 36.8 Å². The zero-order valence-electron chi connectivity index (χ0n) is 11.6. The molecule has 0 amide bonds. The van der Waals surface area contributed by atoms with E-state index in [1.165, 1.54) is 15.5 Å². The Hall–Kier alpha value is -1.16. The summed E-state index contributed by atoms with van der Waals surface area (Å²) in [5.41, 5.74) is 2.39. The fourth-order valence-electron chi connectivity index (χ4n) is 2.50. The van der Waals surface area contributed by atoms with Crippen molar-refractivity contribution in [3.05, 3.63) is 47.5 Å². The summed E-state index contributed by atoms with van der Waals surface area (Å²) in [6.45, 7) is 3.20. The first-order chi connectivity index (χ1) is 9.70. The van der Waals surface area contributed by atoms with E-state index in [9.17, 15) is 0 Å². The predicted octanol–water partition coefficient (Wildman–Crippen LogP) is 5.20. The number of hydrogen-bond donors (Lipinski definition) is 0. The highest BCUT2D eigenvalue weighted by molar-refractivity contribution is 7.99. The highest BCUT2D eigenvalue weighted by Crippen LogP contribution is 2.49. The number of fused-ring (bicyclic) bond motifs is 2. The molecule has 0 radical (unpaired) electrons. The van der Waals surface area contributed by atoms with Gasteiger partial charge in [-0.15, -0.1) is 0 Å². The molecule has 3 rings (SSSR count). The molecule has 0 aliphatic carbocycles. The Kier molecular flexibility index (Phi) is 3.92. The minimum Gasteiger partial charge on any atom is -0.272 e. The van der Waals surface area contributed by atoms with Crippen LogP contribution in [0.25, 0.3) is 0 Å². The number of anilines is 2. The molecule has 4 heteroatoms. The van der Waals surface area contributed by atoms with Gasteiger partial charge in [-0.25, -0.2) is 5.01 Å². The lowest BCUT2D eigenvalue weighted by atomic mass is 10.2. The predicted molar refractivity (Wildman–Crippen MR) is 87.1 cm³/mol. The molecule has 104 valence electrons. The van der Waals surface area contributed by atoms with Crippen LogP contribution in [-0.2, 0) is 0 Å². The van der Waals surface area contributed by atoms with Crippen LogP contribution in [0.1, 0.15) is 13.3 Å². The minimum atomic E-state index is 0.777.